The Morgan fingerprint density at radius 1 is 1.00 bits per heavy atom. The minimum Gasteiger partial charge on any atom is -0.488 e. The van der Waals surface area contributed by atoms with Gasteiger partial charge >= 0.3 is 0 Å². The highest BCUT2D eigenvalue weighted by molar-refractivity contribution is 6.31. The van der Waals surface area contributed by atoms with E-state index in [0.29, 0.717) is 29.3 Å². The van der Waals surface area contributed by atoms with Crippen LogP contribution in [0, 0.1) is 11.3 Å². The first-order valence-electron chi connectivity index (χ1n) is 9.56. The van der Waals surface area contributed by atoms with Crippen molar-refractivity contribution in [3.63, 3.8) is 0 Å². The molecule has 3 aromatic rings. The lowest BCUT2D eigenvalue weighted by Gasteiger charge is -2.11. The lowest BCUT2D eigenvalue weighted by Crippen LogP contribution is -2.26. The number of nitrogens with zero attached hydrogens (tertiary/aromatic N) is 1. The van der Waals surface area contributed by atoms with Crippen LogP contribution in [0.1, 0.15) is 16.7 Å². The number of amides is 1. The predicted molar refractivity (Wildman–Crippen MR) is 119 cm³/mol. The number of ether oxygens (including phenoxy) is 1. The fourth-order valence-corrected chi connectivity index (χ4v) is 3.06. The van der Waals surface area contributed by atoms with Crippen molar-refractivity contribution in [2.45, 2.75) is 13.0 Å². The number of rotatable bonds is 8. The van der Waals surface area contributed by atoms with Gasteiger partial charge < -0.3 is 10.1 Å². The molecule has 1 N–H and O–H groups in total. The highest BCUT2D eigenvalue weighted by atomic mass is 35.5. The van der Waals surface area contributed by atoms with E-state index in [9.17, 15) is 10.1 Å². The zero-order chi connectivity index (χ0) is 21.2. The normalized spacial score (nSPS) is 10.9. The van der Waals surface area contributed by atoms with Gasteiger partial charge in [-0.25, -0.2) is 0 Å². The summed E-state index contributed by atoms with van der Waals surface area (Å²) in [4.78, 5) is 12.4. The largest absolute Gasteiger partial charge is 0.488 e. The van der Waals surface area contributed by atoms with Crippen LogP contribution in [0.3, 0.4) is 0 Å². The summed E-state index contributed by atoms with van der Waals surface area (Å²) in [6.45, 7) is 0.738. The molecule has 3 rings (SSSR count). The van der Waals surface area contributed by atoms with Gasteiger partial charge in [0.05, 0.1) is 0 Å². The lowest BCUT2D eigenvalue weighted by atomic mass is 10.1. The molecule has 0 fully saturated rings. The maximum absolute atomic E-state index is 12.4. The molecule has 0 unspecified atom stereocenters. The molecular formula is C25H21ClN2O2. The highest BCUT2D eigenvalue weighted by Crippen LogP contribution is 2.24. The smallest absolute Gasteiger partial charge is 0.261 e. The minimum absolute atomic E-state index is 0.0249. The van der Waals surface area contributed by atoms with E-state index in [1.807, 2.05) is 66.7 Å². The van der Waals surface area contributed by atoms with Gasteiger partial charge in [0, 0.05) is 22.7 Å². The summed E-state index contributed by atoms with van der Waals surface area (Å²) in [5.74, 6) is 0.164. The number of carbonyl (C=O) groups excluding carboxylic acids is 1. The second kappa shape index (κ2) is 10.8. The monoisotopic (exact) mass is 416 g/mol. The van der Waals surface area contributed by atoms with Crippen molar-refractivity contribution in [3.8, 4) is 11.8 Å². The number of hydrogen-bond acceptors (Lipinski definition) is 3. The Morgan fingerprint density at radius 3 is 2.47 bits per heavy atom. The SMILES string of the molecule is N#C/C(=C\c1ccccc1OCc1ccccc1Cl)C(=O)NCCc1ccccc1. The van der Waals surface area contributed by atoms with Crippen LogP contribution in [-0.2, 0) is 17.8 Å². The Morgan fingerprint density at radius 2 is 1.70 bits per heavy atom. The van der Waals surface area contributed by atoms with E-state index >= 15 is 0 Å². The van der Waals surface area contributed by atoms with Crippen molar-refractivity contribution >= 4 is 23.6 Å². The molecule has 4 nitrogen and oxygen atoms in total. The van der Waals surface area contributed by atoms with Crippen LogP contribution in [0.15, 0.2) is 84.4 Å². The topological polar surface area (TPSA) is 62.1 Å². The number of para-hydroxylation sites is 1. The van der Waals surface area contributed by atoms with Gasteiger partial charge in [0.2, 0.25) is 0 Å². The van der Waals surface area contributed by atoms with Crippen molar-refractivity contribution in [2.75, 3.05) is 6.54 Å². The van der Waals surface area contributed by atoms with E-state index in [0.717, 1.165) is 11.1 Å². The molecule has 5 heteroatoms. The molecule has 3 aromatic carbocycles. The maximum Gasteiger partial charge on any atom is 0.261 e. The molecule has 0 heterocycles. The van der Waals surface area contributed by atoms with Crippen molar-refractivity contribution in [1.82, 2.24) is 5.32 Å². The fraction of sp³-hybridized carbons (Fsp3) is 0.120. The molecule has 0 bridgehead atoms. The van der Waals surface area contributed by atoms with E-state index in [-0.39, 0.29) is 12.2 Å². The number of hydrogen-bond donors (Lipinski definition) is 1. The predicted octanol–water partition coefficient (Wildman–Crippen LogP) is 5.18. The van der Waals surface area contributed by atoms with Gasteiger partial charge in [0.25, 0.3) is 5.91 Å². The third-order valence-electron chi connectivity index (χ3n) is 4.47. The molecule has 1 amide bonds. The van der Waals surface area contributed by atoms with Crippen molar-refractivity contribution in [1.29, 1.82) is 5.26 Å². The van der Waals surface area contributed by atoms with Crippen molar-refractivity contribution in [2.24, 2.45) is 0 Å². The van der Waals surface area contributed by atoms with Crippen LogP contribution in [0.25, 0.3) is 6.08 Å². The molecule has 0 aromatic heterocycles. The second-order valence-corrected chi connectivity index (χ2v) is 6.99. The van der Waals surface area contributed by atoms with Gasteiger partial charge in [-0.05, 0) is 30.2 Å². The van der Waals surface area contributed by atoms with Crippen molar-refractivity contribution in [3.05, 3.63) is 106 Å². The number of nitriles is 1. The van der Waals surface area contributed by atoms with E-state index in [4.69, 9.17) is 16.3 Å². The molecular weight excluding hydrogens is 396 g/mol. The number of halogens is 1. The Bertz CT molecular complexity index is 1070. The molecule has 0 saturated heterocycles. The third-order valence-corrected chi connectivity index (χ3v) is 4.84. The number of benzene rings is 3. The molecule has 0 radical (unpaired) electrons. The quantitative estimate of drug-likeness (QED) is 0.406. The zero-order valence-electron chi connectivity index (χ0n) is 16.3. The first-order chi connectivity index (χ1) is 14.7. The van der Waals surface area contributed by atoms with Crippen LogP contribution in [-0.4, -0.2) is 12.5 Å². The summed E-state index contributed by atoms with van der Waals surface area (Å²) in [5, 5.41) is 12.9. The first kappa shape index (κ1) is 21.2. The van der Waals surface area contributed by atoms with Crippen molar-refractivity contribution < 1.29 is 9.53 Å². The lowest BCUT2D eigenvalue weighted by molar-refractivity contribution is -0.117. The molecule has 0 aliphatic rings. The Hall–Kier alpha value is -3.55. The summed E-state index contributed by atoms with van der Waals surface area (Å²) >= 11 is 6.18. The second-order valence-electron chi connectivity index (χ2n) is 6.58. The average Bonchev–Trinajstić information content (AvgIpc) is 2.78. The van der Waals surface area contributed by atoms with Crippen LogP contribution >= 0.6 is 11.6 Å². The Kier molecular flexibility index (Phi) is 7.65. The molecule has 150 valence electrons. The standard InChI is InChI=1S/C25H21ClN2O2/c26-23-12-6-4-11-21(23)18-30-24-13-7-5-10-20(24)16-22(17-27)25(29)28-15-14-19-8-2-1-3-9-19/h1-13,16H,14-15,18H2,(H,28,29)/b22-16+. The Balaban J connectivity index is 1.67. The van der Waals surface area contributed by atoms with Crippen LogP contribution in [0.5, 0.6) is 5.75 Å². The molecule has 30 heavy (non-hydrogen) atoms. The molecule has 0 aliphatic carbocycles. The van der Waals surface area contributed by atoms with Gasteiger partial charge in [-0.3, -0.25) is 4.79 Å². The molecule has 0 spiro atoms. The summed E-state index contributed by atoms with van der Waals surface area (Å²) in [6.07, 6.45) is 2.24. The highest BCUT2D eigenvalue weighted by Gasteiger charge is 2.11. The summed E-state index contributed by atoms with van der Waals surface area (Å²) in [7, 11) is 0. The van der Waals surface area contributed by atoms with E-state index in [1.165, 1.54) is 0 Å². The fourth-order valence-electron chi connectivity index (χ4n) is 2.87. The van der Waals surface area contributed by atoms with Crippen LogP contribution in [0.4, 0.5) is 0 Å². The Labute approximate surface area is 181 Å². The number of nitrogens with one attached hydrogen (secondary N) is 1. The van der Waals surface area contributed by atoms with Crippen LogP contribution < -0.4 is 10.1 Å². The van der Waals surface area contributed by atoms with Gasteiger partial charge in [0.15, 0.2) is 0 Å². The van der Waals surface area contributed by atoms with E-state index in [1.54, 1.807) is 24.3 Å². The first-order valence-corrected chi connectivity index (χ1v) is 9.94. The third kappa shape index (κ3) is 5.97. The van der Waals surface area contributed by atoms with E-state index < -0.39 is 5.91 Å². The molecule has 0 aliphatic heterocycles. The average molecular weight is 417 g/mol. The zero-order valence-corrected chi connectivity index (χ0v) is 17.1. The summed E-state index contributed by atoms with van der Waals surface area (Å²) in [5.41, 5.74) is 2.66. The van der Waals surface area contributed by atoms with Gasteiger partial charge in [0.1, 0.15) is 24.0 Å². The van der Waals surface area contributed by atoms with Gasteiger partial charge in [-0.15, -0.1) is 0 Å². The summed E-state index contributed by atoms with van der Waals surface area (Å²) in [6, 6.07) is 26.6. The molecule has 0 saturated carbocycles. The van der Waals surface area contributed by atoms with Gasteiger partial charge in [-0.2, -0.15) is 5.26 Å². The van der Waals surface area contributed by atoms with E-state index in [2.05, 4.69) is 5.32 Å². The summed E-state index contributed by atoms with van der Waals surface area (Å²) < 4.78 is 5.90. The molecule has 0 atom stereocenters. The minimum atomic E-state index is -0.408. The maximum atomic E-state index is 12.4. The van der Waals surface area contributed by atoms with Gasteiger partial charge in [-0.1, -0.05) is 78.3 Å². The van der Waals surface area contributed by atoms with Crippen LogP contribution in [0.2, 0.25) is 5.02 Å². The number of carbonyl (C=O) groups is 1.